The number of fused-ring (bicyclic) bond motifs is 1. The second kappa shape index (κ2) is 5.77. The number of benzene rings is 1. The fourth-order valence-corrected chi connectivity index (χ4v) is 2.51. The van der Waals surface area contributed by atoms with E-state index >= 15 is 0 Å². The second-order valence-electron chi connectivity index (χ2n) is 4.64. The van der Waals surface area contributed by atoms with Crippen molar-refractivity contribution in [1.29, 1.82) is 0 Å². The van der Waals surface area contributed by atoms with Gasteiger partial charge in [-0.15, -0.1) is 0 Å². The first-order valence-corrected chi connectivity index (χ1v) is 6.74. The highest BCUT2D eigenvalue weighted by molar-refractivity contribution is 6.31. The zero-order valence-electron chi connectivity index (χ0n) is 11.0. The van der Waals surface area contributed by atoms with Crippen molar-refractivity contribution in [3.63, 3.8) is 0 Å². The van der Waals surface area contributed by atoms with E-state index in [1.807, 2.05) is 0 Å². The van der Waals surface area contributed by atoms with Crippen LogP contribution in [0.5, 0.6) is 0 Å². The van der Waals surface area contributed by atoms with Gasteiger partial charge in [-0.25, -0.2) is 8.91 Å². The van der Waals surface area contributed by atoms with Gasteiger partial charge in [0.15, 0.2) is 0 Å². The Kier molecular flexibility index (Phi) is 3.83. The maximum Gasteiger partial charge on any atom is 0.142 e. The van der Waals surface area contributed by atoms with Gasteiger partial charge >= 0.3 is 0 Å². The normalized spacial score (nSPS) is 12.7. The summed E-state index contributed by atoms with van der Waals surface area (Å²) >= 11 is 6.00. The van der Waals surface area contributed by atoms with Gasteiger partial charge < -0.3 is 0 Å². The Bertz CT molecular complexity index is 773. The van der Waals surface area contributed by atoms with Crippen LogP contribution in [0.4, 0.5) is 4.39 Å². The number of hydrogen-bond acceptors (Lipinski definition) is 4. The lowest BCUT2D eigenvalue weighted by Crippen LogP contribution is -2.29. The Labute approximate surface area is 125 Å². The Morgan fingerprint density at radius 1 is 1.38 bits per heavy atom. The van der Waals surface area contributed by atoms with E-state index in [-0.39, 0.29) is 11.1 Å². The molecular weight excluding hydrogens is 293 g/mol. The van der Waals surface area contributed by atoms with Crippen LogP contribution in [0.2, 0.25) is 5.02 Å². The molecule has 108 valence electrons. The van der Waals surface area contributed by atoms with E-state index in [0.717, 1.165) is 11.1 Å². The van der Waals surface area contributed by atoms with E-state index in [1.165, 1.54) is 6.07 Å². The second-order valence-corrected chi connectivity index (χ2v) is 5.02. The molecule has 1 unspecified atom stereocenters. The molecule has 0 aliphatic rings. The average molecular weight is 306 g/mol. The fraction of sp³-hybridized carbons (Fsp3) is 0.143. The smallest absolute Gasteiger partial charge is 0.142 e. The van der Waals surface area contributed by atoms with Gasteiger partial charge in [-0.2, -0.15) is 5.10 Å². The van der Waals surface area contributed by atoms with Crippen LogP contribution in [0.25, 0.3) is 5.52 Å². The summed E-state index contributed by atoms with van der Waals surface area (Å²) in [5.74, 6) is 5.21. The summed E-state index contributed by atoms with van der Waals surface area (Å²) in [6, 6.07) is 4.49. The number of halogens is 2. The number of nitrogens with two attached hydrogens (primary N) is 1. The summed E-state index contributed by atoms with van der Waals surface area (Å²) in [4.78, 5) is 4.09. The minimum atomic E-state index is -0.438. The van der Waals surface area contributed by atoms with Crippen molar-refractivity contribution in [2.45, 2.75) is 12.5 Å². The largest absolute Gasteiger partial charge is 0.271 e. The lowest BCUT2D eigenvalue weighted by Gasteiger charge is -2.16. The topological polar surface area (TPSA) is 68.2 Å². The van der Waals surface area contributed by atoms with Crippen LogP contribution in [0, 0.1) is 5.82 Å². The predicted octanol–water partition coefficient (Wildman–Crippen LogP) is 2.27. The molecule has 0 saturated heterocycles. The molecule has 5 nitrogen and oxygen atoms in total. The molecule has 0 amide bonds. The molecule has 3 rings (SSSR count). The lowest BCUT2D eigenvalue weighted by atomic mass is 10.0. The molecule has 0 fully saturated rings. The molecule has 0 aliphatic carbocycles. The molecule has 0 aliphatic heterocycles. The van der Waals surface area contributed by atoms with Crippen LogP contribution in [-0.2, 0) is 6.42 Å². The summed E-state index contributed by atoms with van der Waals surface area (Å²) in [5, 5.41) is 4.36. The molecule has 1 aromatic carbocycles. The predicted molar refractivity (Wildman–Crippen MR) is 78.2 cm³/mol. The molecule has 1 atom stereocenters. The third-order valence-corrected chi connectivity index (χ3v) is 3.81. The molecule has 7 heteroatoms. The third kappa shape index (κ3) is 2.61. The van der Waals surface area contributed by atoms with Gasteiger partial charge in [0, 0.05) is 18.0 Å². The summed E-state index contributed by atoms with van der Waals surface area (Å²) < 4.78 is 15.2. The third-order valence-electron chi connectivity index (χ3n) is 3.39. The van der Waals surface area contributed by atoms with Gasteiger partial charge in [0.05, 0.1) is 29.0 Å². The van der Waals surface area contributed by atoms with Crippen molar-refractivity contribution < 1.29 is 4.39 Å². The number of rotatable bonds is 4. The maximum atomic E-state index is 13.5. The van der Waals surface area contributed by atoms with Crippen LogP contribution in [0.1, 0.15) is 17.2 Å². The molecule has 0 spiro atoms. The Morgan fingerprint density at radius 2 is 2.24 bits per heavy atom. The standard InChI is InChI=1S/C14H13ClFN5/c15-14-9(2-1-3-11(14)16)6-12(20-17)10-7-19-21-5-4-18-8-13(10)21/h1-5,7-8,12,20H,6,17H2. The van der Waals surface area contributed by atoms with Crippen LogP contribution >= 0.6 is 11.6 Å². The summed E-state index contributed by atoms with van der Waals surface area (Å²) in [7, 11) is 0. The lowest BCUT2D eigenvalue weighted by molar-refractivity contribution is 0.552. The van der Waals surface area contributed by atoms with E-state index in [2.05, 4.69) is 15.5 Å². The first-order valence-electron chi connectivity index (χ1n) is 6.37. The highest BCUT2D eigenvalue weighted by Crippen LogP contribution is 2.26. The van der Waals surface area contributed by atoms with E-state index in [9.17, 15) is 4.39 Å². The molecule has 0 bridgehead atoms. The average Bonchev–Trinajstić information content (AvgIpc) is 2.93. The number of hydrazine groups is 1. The first-order chi connectivity index (χ1) is 10.2. The first kappa shape index (κ1) is 13.9. The maximum absolute atomic E-state index is 13.5. The number of nitrogens with one attached hydrogen (secondary N) is 1. The quantitative estimate of drug-likeness (QED) is 0.573. The molecule has 21 heavy (non-hydrogen) atoms. The van der Waals surface area contributed by atoms with Crippen LogP contribution < -0.4 is 11.3 Å². The molecule has 3 N–H and O–H groups in total. The molecule has 2 heterocycles. The van der Waals surface area contributed by atoms with Gasteiger partial charge in [0.25, 0.3) is 0 Å². The number of nitrogens with zero attached hydrogens (tertiary/aromatic N) is 3. The summed E-state index contributed by atoms with van der Waals surface area (Å²) in [6.45, 7) is 0. The van der Waals surface area contributed by atoms with Crippen molar-refractivity contribution >= 4 is 17.1 Å². The van der Waals surface area contributed by atoms with Crippen molar-refractivity contribution in [2.24, 2.45) is 5.84 Å². The number of hydrogen-bond donors (Lipinski definition) is 2. The highest BCUT2D eigenvalue weighted by Gasteiger charge is 2.18. The highest BCUT2D eigenvalue weighted by atomic mass is 35.5. The Morgan fingerprint density at radius 3 is 3.05 bits per heavy atom. The molecule has 2 aromatic heterocycles. The van der Waals surface area contributed by atoms with Gasteiger partial charge in [-0.05, 0) is 18.1 Å². The minimum absolute atomic E-state index is 0.118. The Balaban J connectivity index is 1.97. The van der Waals surface area contributed by atoms with Gasteiger partial charge in [0.2, 0.25) is 0 Å². The van der Waals surface area contributed by atoms with E-state index < -0.39 is 5.82 Å². The van der Waals surface area contributed by atoms with Crippen LogP contribution in [-0.4, -0.2) is 14.6 Å². The molecule has 0 radical (unpaired) electrons. The van der Waals surface area contributed by atoms with E-state index in [1.54, 1.807) is 41.4 Å². The van der Waals surface area contributed by atoms with Crippen molar-refractivity contribution in [3.8, 4) is 0 Å². The fourth-order valence-electron chi connectivity index (χ4n) is 2.31. The van der Waals surface area contributed by atoms with Gasteiger partial charge in [-0.1, -0.05) is 23.7 Å². The number of aromatic nitrogens is 3. The van der Waals surface area contributed by atoms with Gasteiger partial charge in [-0.3, -0.25) is 16.3 Å². The van der Waals surface area contributed by atoms with Crippen molar-refractivity contribution in [3.05, 3.63) is 65.0 Å². The van der Waals surface area contributed by atoms with Crippen molar-refractivity contribution in [1.82, 2.24) is 20.0 Å². The van der Waals surface area contributed by atoms with Gasteiger partial charge in [0.1, 0.15) is 5.82 Å². The van der Waals surface area contributed by atoms with Crippen molar-refractivity contribution in [2.75, 3.05) is 0 Å². The zero-order chi connectivity index (χ0) is 14.8. The molecule has 3 aromatic rings. The van der Waals surface area contributed by atoms with Crippen LogP contribution in [0.15, 0.2) is 43.0 Å². The molecule has 0 saturated carbocycles. The SMILES string of the molecule is NNC(Cc1cccc(F)c1Cl)c1cnn2ccncc12. The summed E-state index contributed by atoms with van der Waals surface area (Å²) in [5.41, 5.74) is 5.13. The van der Waals surface area contributed by atoms with E-state index in [0.29, 0.717) is 12.0 Å². The Hall–Kier alpha value is -2.02. The van der Waals surface area contributed by atoms with E-state index in [4.69, 9.17) is 17.4 Å². The monoisotopic (exact) mass is 305 g/mol. The summed E-state index contributed by atoms with van der Waals surface area (Å²) in [6.07, 6.45) is 7.28. The molecular formula is C14H13ClFN5. The minimum Gasteiger partial charge on any atom is -0.271 e. The zero-order valence-corrected chi connectivity index (χ0v) is 11.8. The van der Waals surface area contributed by atoms with Crippen LogP contribution in [0.3, 0.4) is 0 Å².